The molecule has 3 nitrogen and oxygen atoms in total. The van der Waals surface area contributed by atoms with E-state index in [2.05, 4.69) is 29.1 Å². The average Bonchev–Trinajstić information content (AvgIpc) is 2.35. The molecule has 1 aliphatic rings. The van der Waals surface area contributed by atoms with Crippen LogP contribution >= 0.6 is 0 Å². The fraction of sp³-hybridized carbons (Fsp3) is 0.692. The maximum absolute atomic E-state index is 4.65. The summed E-state index contributed by atoms with van der Waals surface area (Å²) in [5.41, 5.74) is 2.66. The lowest BCUT2D eigenvalue weighted by Crippen LogP contribution is -2.15. The van der Waals surface area contributed by atoms with Crippen molar-refractivity contribution in [2.45, 2.75) is 52.4 Å². The van der Waals surface area contributed by atoms with Gasteiger partial charge in [0.1, 0.15) is 11.6 Å². The monoisotopic (exact) mass is 219 g/mol. The number of hydrogen-bond acceptors (Lipinski definition) is 3. The first-order valence-corrected chi connectivity index (χ1v) is 6.47. The van der Waals surface area contributed by atoms with Crippen molar-refractivity contribution in [1.82, 2.24) is 9.97 Å². The zero-order valence-electron chi connectivity index (χ0n) is 10.3. The third-order valence-corrected chi connectivity index (χ3v) is 3.09. The molecule has 0 atom stereocenters. The van der Waals surface area contributed by atoms with E-state index >= 15 is 0 Å². The molecule has 1 aromatic heterocycles. The number of rotatable bonds is 4. The van der Waals surface area contributed by atoms with Gasteiger partial charge in [-0.25, -0.2) is 9.97 Å². The van der Waals surface area contributed by atoms with E-state index in [1.165, 1.54) is 24.1 Å². The Morgan fingerprint density at radius 3 is 2.69 bits per heavy atom. The van der Waals surface area contributed by atoms with E-state index < -0.39 is 0 Å². The van der Waals surface area contributed by atoms with Gasteiger partial charge in [-0.2, -0.15) is 0 Å². The van der Waals surface area contributed by atoms with Crippen LogP contribution in [0.5, 0.6) is 0 Å². The number of aryl methyl sites for hydroxylation is 2. The molecular formula is C13H21N3. The smallest absolute Gasteiger partial charge is 0.133 e. The van der Waals surface area contributed by atoms with Gasteiger partial charge in [0.2, 0.25) is 0 Å². The molecule has 3 heteroatoms. The Balaban J connectivity index is 2.31. The number of anilines is 1. The van der Waals surface area contributed by atoms with Crippen molar-refractivity contribution in [2.75, 3.05) is 11.9 Å². The van der Waals surface area contributed by atoms with Crippen LogP contribution in [0.4, 0.5) is 5.82 Å². The van der Waals surface area contributed by atoms with Gasteiger partial charge in [-0.15, -0.1) is 0 Å². The number of fused-ring (bicyclic) bond motifs is 1. The van der Waals surface area contributed by atoms with E-state index in [1.54, 1.807) is 0 Å². The standard InChI is InChI=1S/C13H21N3/c1-3-9-14-13-10-7-5-6-8-11(10)15-12(4-2)16-13/h3-9H2,1-2H3,(H,14,15,16). The van der Waals surface area contributed by atoms with Crippen molar-refractivity contribution in [3.05, 3.63) is 17.1 Å². The second-order valence-corrected chi connectivity index (χ2v) is 4.40. The Morgan fingerprint density at radius 2 is 1.94 bits per heavy atom. The molecule has 0 radical (unpaired) electrons. The van der Waals surface area contributed by atoms with Gasteiger partial charge < -0.3 is 5.32 Å². The molecule has 0 amide bonds. The van der Waals surface area contributed by atoms with Crippen LogP contribution in [0.25, 0.3) is 0 Å². The molecule has 0 aliphatic heterocycles. The molecule has 1 aliphatic carbocycles. The molecule has 0 bridgehead atoms. The largest absolute Gasteiger partial charge is 0.370 e. The molecule has 1 N–H and O–H groups in total. The highest BCUT2D eigenvalue weighted by Crippen LogP contribution is 2.25. The molecular weight excluding hydrogens is 198 g/mol. The van der Waals surface area contributed by atoms with E-state index in [-0.39, 0.29) is 0 Å². The minimum absolute atomic E-state index is 0.925. The van der Waals surface area contributed by atoms with Gasteiger partial charge in [0, 0.05) is 24.2 Å². The number of nitrogens with zero attached hydrogens (tertiary/aromatic N) is 2. The zero-order chi connectivity index (χ0) is 11.4. The maximum Gasteiger partial charge on any atom is 0.133 e. The summed E-state index contributed by atoms with van der Waals surface area (Å²) < 4.78 is 0. The first-order valence-electron chi connectivity index (χ1n) is 6.47. The van der Waals surface area contributed by atoms with Crippen LogP contribution in [0.2, 0.25) is 0 Å². The third-order valence-electron chi connectivity index (χ3n) is 3.09. The van der Waals surface area contributed by atoms with Gasteiger partial charge in [0.05, 0.1) is 0 Å². The molecule has 0 fully saturated rings. The van der Waals surface area contributed by atoms with Gasteiger partial charge in [0.25, 0.3) is 0 Å². The van der Waals surface area contributed by atoms with E-state index in [4.69, 9.17) is 0 Å². The van der Waals surface area contributed by atoms with Gasteiger partial charge >= 0.3 is 0 Å². The zero-order valence-corrected chi connectivity index (χ0v) is 10.3. The van der Waals surface area contributed by atoms with Gasteiger partial charge in [-0.1, -0.05) is 13.8 Å². The summed E-state index contributed by atoms with van der Waals surface area (Å²) in [6.45, 7) is 5.31. The summed E-state index contributed by atoms with van der Waals surface area (Å²) in [5.74, 6) is 2.09. The van der Waals surface area contributed by atoms with Crippen LogP contribution in [0.3, 0.4) is 0 Å². The Labute approximate surface area is 97.7 Å². The van der Waals surface area contributed by atoms with Crippen molar-refractivity contribution in [1.29, 1.82) is 0 Å². The predicted molar refractivity (Wildman–Crippen MR) is 66.8 cm³/mol. The number of nitrogens with one attached hydrogen (secondary N) is 1. The van der Waals surface area contributed by atoms with Crippen molar-refractivity contribution in [3.8, 4) is 0 Å². The summed E-state index contributed by atoms with van der Waals surface area (Å²) >= 11 is 0. The summed E-state index contributed by atoms with van der Waals surface area (Å²) in [4.78, 5) is 9.27. The lowest BCUT2D eigenvalue weighted by molar-refractivity contribution is 0.655. The van der Waals surface area contributed by atoms with E-state index in [9.17, 15) is 0 Å². The molecule has 0 spiro atoms. The minimum Gasteiger partial charge on any atom is -0.370 e. The summed E-state index contributed by atoms with van der Waals surface area (Å²) in [6.07, 6.45) is 6.90. The van der Waals surface area contributed by atoms with Crippen LogP contribution in [-0.2, 0) is 19.3 Å². The average molecular weight is 219 g/mol. The van der Waals surface area contributed by atoms with E-state index in [1.807, 2.05) is 0 Å². The summed E-state index contributed by atoms with van der Waals surface area (Å²) in [6, 6.07) is 0. The van der Waals surface area contributed by atoms with Crippen molar-refractivity contribution in [2.24, 2.45) is 0 Å². The highest BCUT2D eigenvalue weighted by atomic mass is 15.0. The molecule has 1 aromatic rings. The van der Waals surface area contributed by atoms with Crippen LogP contribution in [-0.4, -0.2) is 16.5 Å². The fourth-order valence-electron chi connectivity index (χ4n) is 2.19. The first-order chi connectivity index (χ1) is 7.85. The lowest BCUT2D eigenvalue weighted by atomic mass is 9.96. The van der Waals surface area contributed by atoms with Gasteiger partial charge in [-0.3, -0.25) is 0 Å². The second kappa shape index (κ2) is 5.28. The number of hydrogen-bond donors (Lipinski definition) is 1. The summed E-state index contributed by atoms with van der Waals surface area (Å²) in [7, 11) is 0. The fourth-order valence-corrected chi connectivity index (χ4v) is 2.19. The molecule has 0 saturated carbocycles. The molecule has 1 heterocycles. The maximum atomic E-state index is 4.65. The molecule has 0 aromatic carbocycles. The van der Waals surface area contributed by atoms with Crippen molar-refractivity contribution >= 4 is 5.82 Å². The summed E-state index contributed by atoms with van der Waals surface area (Å²) in [5, 5.41) is 3.45. The Hall–Kier alpha value is -1.12. The molecule has 16 heavy (non-hydrogen) atoms. The van der Waals surface area contributed by atoms with E-state index in [0.717, 1.165) is 43.9 Å². The number of aromatic nitrogens is 2. The highest BCUT2D eigenvalue weighted by molar-refractivity contribution is 5.47. The van der Waals surface area contributed by atoms with E-state index in [0.29, 0.717) is 0 Å². The van der Waals surface area contributed by atoms with Crippen LogP contribution < -0.4 is 5.32 Å². The lowest BCUT2D eigenvalue weighted by Gasteiger charge is -2.19. The highest BCUT2D eigenvalue weighted by Gasteiger charge is 2.16. The first kappa shape index (κ1) is 11.4. The topological polar surface area (TPSA) is 37.8 Å². The van der Waals surface area contributed by atoms with Gasteiger partial charge in [0.15, 0.2) is 0 Å². The second-order valence-electron chi connectivity index (χ2n) is 4.40. The van der Waals surface area contributed by atoms with Crippen LogP contribution in [0.1, 0.15) is 50.2 Å². The molecule has 88 valence electrons. The molecule has 0 saturated heterocycles. The Kier molecular flexibility index (Phi) is 3.75. The van der Waals surface area contributed by atoms with Crippen molar-refractivity contribution in [3.63, 3.8) is 0 Å². The van der Waals surface area contributed by atoms with Crippen LogP contribution in [0.15, 0.2) is 0 Å². The van der Waals surface area contributed by atoms with Gasteiger partial charge in [-0.05, 0) is 32.1 Å². The predicted octanol–water partition coefficient (Wildman–Crippen LogP) is 2.74. The molecule has 0 unspecified atom stereocenters. The third kappa shape index (κ3) is 2.34. The van der Waals surface area contributed by atoms with Crippen LogP contribution in [0, 0.1) is 0 Å². The molecule has 2 rings (SSSR count). The Bertz CT molecular complexity index is 360. The van der Waals surface area contributed by atoms with Crippen molar-refractivity contribution < 1.29 is 0 Å². The SMILES string of the molecule is CCCNc1nc(CC)nc2c1CCCC2. The minimum atomic E-state index is 0.925. The quantitative estimate of drug-likeness (QED) is 0.846. The Morgan fingerprint density at radius 1 is 1.12 bits per heavy atom. The normalized spacial score (nSPS) is 14.6.